The predicted octanol–water partition coefficient (Wildman–Crippen LogP) is -0.963. The normalized spacial score (nSPS) is 13.8. The van der Waals surface area contributed by atoms with Crippen LogP contribution in [0.5, 0.6) is 0 Å². The fraction of sp³-hybridized carbons (Fsp3) is 0.833. The second-order valence-corrected chi connectivity index (χ2v) is 4.30. The second kappa shape index (κ2) is 5.09. The number of nitrogens with zero attached hydrogens (tertiary/aromatic N) is 1. The highest BCUT2D eigenvalue weighted by Crippen LogP contribution is 1.75. The van der Waals surface area contributed by atoms with Gasteiger partial charge in [0.15, 0.2) is 0 Å². The van der Waals surface area contributed by atoms with Gasteiger partial charge in [0.25, 0.3) is 0 Å². The molecule has 6 heteroatoms. The van der Waals surface area contributed by atoms with E-state index in [1.165, 1.54) is 0 Å². The maximum absolute atomic E-state index is 10.5. The number of hydrogen-bond donors (Lipinski definition) is 2. The van der Waals surface area contributed by atoms with Crippen molar-refractivity contribution in [2.75, 3.05) is 19.3 Å². The molecule has 0 spiro atoms. The van der Waals surface area contributed by atoms with Crippen LogP contribution in [0.3, 0.4) is 0 Å². The largest absolute Gasteiger partial charge is 0.301 e. The number of nitriles is 1. The lowest BCUT2D eigenvalue weighted by Gasteiger charge is -2.05. The van der Waals surface area contributed by atoms with Gasteiger partial charge < -0.3 is 5.32 Å². The average Bonchev–Trinajstić information content (AvgIpc) is 1.96. The van der Waals surface area contributed by atoms with E-state index in [1.807, 2.05) is 6.07 Å². The molecule has 0 aromatic rings. The zero-order valence-electron chi connectivity index (χ0n) is 7.16. The van der Waals surface area contributed by atoms with Crippen LogP contribution in [0, 0.1) is 11.3 Å². The molecule has 0 radical (unpaired) electrons. The number of rotatable bonds is 5. The third-order valence-electron chi connectivity index (χ3n) is 1.13. The first kappa shape index (κ1) is 11.4. The minimum atomic E-state index is -3.10. The van der Waals surface area contributed by atoms with Crippen LogP contribution < -0.4 is 10.0 Å². The third kappa shape index (κ3) is 7.47. The molecule has 0 fully saturated rings. The van der Waals surface area contributed by atoms with Gasteiger partial charge in [-0.05, 0) is 6.92 Å². The van der Waals surface area contributed by atoms with E-state index in [1.54, 1.807) is 6.92 Å². The monoisotopic (exact) mass is 191 g/mol. The van der Waals surface area contributed by atoms with E-state index in [0.717, 1.165) is 6.26 Å². The summed E-state index contributed by atoms with van der Waals surface area (Å²) in [5, 5.41) is 11.2. The Kier molecular flexibility index (Phi) is 4.81. The molecule has 0 amide bonds. The van der Waals surface area contributed by atoms with Crippen molar-refractivity contribution < 1.29 is 8.42 Å². The van der Waals surface area contributed by atoms with Gasteiger partial charge in [0.05, 0.1) is 18.4 Å². The van der Waals surface area contributed by atoms with Crippen LogP contribution in [0.2, 0.25) is 0 Å². The van der Waals surface area contributed by atoms with Crippen molar-refractivity contribution in [1.82, 2.24) is 10.0 Å². The van der Waals surface area contributed by atoms with E-state index in [2.05, 4.69) is 10.0 Å². The topological polar surface area (TPSA) is 82.0 Å². The van der Waals surface area contributed by atoms with E-state index < -0.39 is 10.0 Å². The Hall–Kier alpha value is -0.640. The van der Waals surface area contributed by atoms with Crippen molar-refractivity contribution in [2.45, 2.75) is 13.0 Å². The minimum Gasteiger partial charge on any atom is -0.301 e. The van der Waals surface area contributed by atoms with Crippen molar-refractivity contribution >= 4 is 10.0 Å². The molecular formula is C6H13N3O2S. The summed E-state index contributed by atoms with van der Waals surface area (Å²) in [4.78, 5) is 0. The lowest BCUT2D eigenvalue weighted by Crippen LogP contribution is -2.34. The van der Waals surface area contributed by atoms with Crippen molar-refractivity contribution in [1.29, 1.82) is 5.26 Å². The van der Waals surface area contributed by atoms with E-state index in [9.17, 15) is 8.42 Å². The van der Waals surface area contributed by atoms with Crippen molar-refractivity contribution in [3.05, 3.63) is 0 Å². The first-order valence-corrected chi connectivity index (χ1v) is 5.42. The summed E-state index contributed by atoms with van der Waals surface area (Å²) >= 11 is 0. The number of hydrogen-bond acceptors (Lipinski definition) is 4. The molecule has 0 aliphatic heterocycles. The van der Waals surface area contributed by atoms with Crippen LogP contribution in [-0.2, 0) is 10.0 Å². The molecule has 0 aliphatic rings. The molecule has 0 saturated carbocycles. The van der Waals surface area contributed by atoms with E-state index >= 15 is 0 Å². The van der Waals surface area contributed by atoms with Crippen LogP contribution in [0.25, 0.3) is 0 Å². The molecule has 0 aromatic heterocycles. The summed E-state index contributed by atoms with van der Waals surface area (Å²) < 4.78 is 23.4. The van der Waals surface area contributed by atoms with Gasteiger partial charge in [-0.1, -0.05) is 0 Å². The van der Waals surface area contributed by atoms with Crippen molar-refractivity contribution in [3.8, 4) is 6.07 Å². The number of sulfonamides is 1. The van der Waals surface area contributed by atoms with Gasteiger partial charge in [0.1, 0.15) is 0 Å². The smallest absolute Gasteiger partial charge is 0.208 e. The molecule has 5 nitrogen and oxygen atoms in total. The van der Waals surface area contributed by atoms with Gasteiger partial charge >= 0.3 is 0 Å². The fourth-order valence-corrected chi connectivity index (χ4v) is 1.04. The summed E-state index contributed by atoms with van der Waals surface area (Å²) in [5.41, 5.74) is 0. The van der Waals surface area contributed by atoms with Crippen molar-refractivity contribution in [3.63, 3.8) is 0 Å². The van der Waals surface area contributed by atoms with Gasteiger partial charge in [-0.3, -0.25) is 0 Å². The fourth-order valence-electron chi connectivity index (χ4n) is 0.571. The first-order valence-electron chi connectivity index (χ1n) is 3.53. The SMILES string of the molecule is CC(C#N)NCCNS(C)(=O)=O. The van der Waals surface area contributed by atoms with E-state index in [0.29, 0.717) is 13.1 Å². The molecule has 0 saturated heterocycles. The highest BCUT2D eigenvalue weighted by molar-refractivity contribution is 7.88. The van der Waals surface area contributed by atoms with Crippen LogP contribution in [0.4, 0.5) is 0 Å². The Morgan fingerprint density at radius 3 is 2.50 bits per heavy atom. The zero-order valence-corrected chi connectivity index (χ0v) is 7.98. The molecule has 0 rings (SSSR count). The Balaban J connectivity index is 3.42. The van der Waals surface area contributed by atoms with Crippen LogP contribution >= 0.6 is 0 Å². The summed E-state index contributed by atoms with van der Waals surface area (Å²) in [5.74, 6) is 0. The van der Waals surface area contributed by atoms with Gasteiger partial charge in [-0.25, -0.2) is 13.1 Å². The lowest BCUT2D eigenvalue weighted by atomic mass is 10.4. The van der Waals surface area contributed by atoms with Gasteiger partial charge in [-0.2, -0.15) is 5.26 Å². The Labute approximate surface area is 72.8 Å². The lowest BCUT2D eigenvalue weighted by molar-refractivity contribution is 0.577. The molecule has 2 N–H and O–H groups in total. The minimum absolute atomic E-state index is 0.244. The maximum Gasteiger partial charge on any atom is 0.208 e. The summed E-state index contributed by atoms with van der Waals surface area (Å²) in [6, 6.07) is 1.73. The van der Waals surface area contributed by atoms with Gasteiger partial charge in [-0.15, -0.1) is 0 Å². The highest BCUT2D eigenvalue weighted by Gasteiger charge is 2.00. The average molecular weight is 191 g/mol. The summed E-state index contributed by atoms with van der Waals surface area (Å²) in [7, 11) is -3.10. The van der Waals surface area contributed by atoms with Gasteiger partial charge in [0.2, 0.25) is 10.0 Å². The van der Waals surface area contributed by atoms with Crippen LogP contribution in [0.1, 0.15) is 6.92 Å². The first-order chi connectivity index (χ1) is 5.45. The molecule has 1 atom stereocenters. The van der Waals surface area contributed by atoms with Crippen molar-refractivity contribution in [2.24, 2.45) is 0 Å². The number of nitrogens with one attached hydrogen (secondary N) is 2. The molecule has 70 valence electrons. The summed E-state index contributed by atoms with van der Waals surface area (Å²) in [6.45, 7) is 2.48. The quantitative estimate of drug-likeness (QED) is 0.548. The van der Waals surface area contributed by atoms with Crippen LogP contribution in [0.15, 0.2) is 0 Å². The third-order valence-corrected chi connectivity index (χ3v) is 1.86. The zero-order chi connectivity index (χ0) is 9.61. The molecule has 0 bridgehead atoms. The molecule has 0 heterocycles. The summed E-state index contributed by atoms with van der Waals surface area (Å²) in [6.07, 6.45) is 1.10. The highest BCUT2D eigenvalue weighted by atomic mass is 32.2. The van der Waals surface area contributed by atoms with Crippen LogP contribution in [-0.4, -0.2) is 33.8 Å². The maximum atomic E-state index is 10.5. The molecular weight excluding hydrogens is 178 g/mol. The molecule has 1 unspecified atom stereocenters. The van der Waals surface area contributed by atoms with E-state index in [4.69, 9.17) is 5.26 Å². The molecule has 0 aromatic carbocycles. The van der Waals surface area contributed by atoms with Gasteiger partial charge in [0, 0.05) is 13.1 Å². The Morgan fingerprint density at radius 1 is 1.50 bits per heavy atom. The Morgan fingerprint density at radius 2 is 2.08 bits per heavy atom. The molecule has 0 aliphatic carbocycles. The molecule has 12 heavy (non-hydrogen) atoms. The van der Waals surface area contributed by atoms with E-state index in [-0.39, 0.29) is 6.04 Å². The second-order valence-electron chi connectivity index (χ2n) is 2.47. The Bertz CT molecular complexity index is 254. The predicted molar refractivity (Wildman–Crippen MR) is 45.9 cm³/mol. The standard InChI is InChI=1S/C6H13N3O2S/c1-6(5-7)8-3-4-9-12(2,10)11/h6,8-9H,3-4H2,1-2H3.